The lowest BCUT2D eigenvalue weighted by molar-refractivity contribution is -0.117. The number of benzene rings is 3. The first kappa shape index (κ1) is 20.4. The van der Waals surface area contributed by atoms with Crippen molar-refractivity contribution in [2.75, 3.05) is 26.1 Å². The van der Waals surface area contributed by atoms with Crippen LogP contribution in [0.3, 0.4) is 0 Å². The minimum atomic E-state index is -0.0796. The molecule has 3 rings (SSSR count). The average Bonchev–Trinajstić information content (AvgIpc) is 2.75. The number of nitrogens with one attached hydrogen (secondary N) is 1. The minimum absolute atomic E-state index is 0.0796. The van der Waals surface area contributed by atoms with Crippen molar-refractivity contribution in [2.45, 2.75) is 13.1 Å². The summed E-state index contributed by atoms with van der Waals surface area (Å²) in [6.45, 7) is 1.66. The van der Waals surface area contributed by atoms with Gasteiger partial charge < -0.3 is 14.8 Å². The first-order valence-corrected chi connectivity index (χ1v) is 9.50. The highest BCUT2D eigenvalue weighted by atomic mass is 16.5. The van der Waals surface area contributed by atoms with Crippen LogP contribution in [0.2, 0.25) is 0 Å². The molecule has 5 heteroatoms. The number of ether oxygens (including phenoxy) is 2. The topological polar surface area (TPSA) is 50.8 Å². The van der Waals surface area contributed by atoms with Crippen molar-refractivity contribution in [1.29, 1.82) is 0 Å². The number of hydrogen-bond acceptors (Lipinski definition) is 4. The van der Waals surface area contributed by atoms with Crippen LogP contribution in [-0.2, 0) is 17.9 Å². The molecule has 0 saturated carbocycles. The molecule has 0 aliphatic rings. The zero-order valence-corrected chi connectivity index (χ0v) is 16.8. The van der Waals surface area contributed by atoms with Crippen LogP contribution in [0.4, 0.5) is 5.69 Å². The molecule has 29 heavy (non-hydrogen) atoms. The molecule has 0 aliphatic carbocycles. The molecule has 0 fully saturated rings. The predicted octanol–water partition coefficient (Wildman–Crippen LogP) is 4.34. The van der Waals surface area contributed by atoms with E-state index in [1.165, 1.54) is 11.1 Å². The van der Waals surface area contributed by atoms with Gasteiger partial charge in [-0.1, -0.05) is 60.7 Å². The summed E-state index contributed by atoms with van der Waals surface area (Å²) >= 11 is 0. The number of amides is 1. The second-order valence-electron chi connectivity index (χ2n) is 6.73. The van der Waals surface area contributed by atoms with E-state index < -0.39 is 0 Å². The van der Waals surface area contributed by atoms with Gasteiger partial charge in [0.2, 0.25) is 5.91 Å². The molecule has 0 heterocycles. The van der Waals surface area contributed by atoms with E-state index in [1.807, 2.05) is 36.4 Å². The highest BCUT2D eigenvalue weighted by Crippen LogP contribution is 2.29. The Kier molecular flexibility index (Phi) is 7.25. The highest BCUT2D eigenvalue weighted by Gasteiger charge is 2.13. The van der Waals surface area contributed by atoms with Gasteiger partial charge in [0.1, 0.15) is 0 Å². The smallest absolute Gasteiger partial charge is 0.238 e. The Morgan fingerprint density at radius 2 is 1.34 bits per heavy atom. The normalized spacial score (nSPS) is 10.6. The Hall–Kier alpha value is -3.31. The van der Waals surface area contributed by atoms with Gasteiger partial charge in [-0.05, 0) is 23.3 Å². The highest BCUT2D eigenvalue weighted by molar-refractivity contribution is 5.92. The monoisotopic (exact) mass is 390 g/mol. The molecular weight excluding hydrogens is 364 g/mol. The van der Waals surface area contributed by atoms with Crippen molar-refractivity contribution in [1.82, 2.24) is 4.90 Å². The molecule has 0 atom stereocenters. The number of carbonyl (C=O) groups is 1. The van der Waals surface area contributed by atoms with E-state index in [-0.39, 0.29) is 12.5 Å². The summed E-state index contributed by atoms with van der Waals surface area (Å²) < 4.78 is 10.6. The molecule has 0 unspecified atom stereocenters. The SMILES string of the molecule is COc1ccc(NC(=O)CN(Cc2ccccc2)Cc2ccccc2)cc1OC. The van der Waals surface area contributed by atoms with Crippen molar-refractivity contribution >= 4 is 11.6 Å². The van der Waals surface area contributed by atoms with Gasteiger partial charge in [0.25, 0.3) is 0 Å². The summed E-state index contributed by atoms with van der Waals surface area (Å²) in [5.41, 5.74) is 3.01. The quantitative estimate of drug-likeness (QED) is 0.590. The van der Waals surface area contributed by atoms with Gasteiger partial charge in [-0.25, -0.2) is 0 Å². The predicted molar refractivity (Wildman–Crippen MR) is 115 cm³/mol. The lowest BCUT2D eigenvalue weighted by Gasteiger charge is -2.22. The van der Waals surface area contributed by atoms with Gasteiger partial charge >= 0.3 is 0 Å². The van der Waals surface area contributed by atoms with Crippen LogP contribution in [0.15, 0.2) is 78.9 Å². The summed E-state index contributed by atoms with van der Waals surface area (Å²) in [7, 11) is 3.16. The van der Waals surface area contributed by atoms with E-state index in [9.17, 15) is 4.79 Å². The van der Waals surface area contributed by atoms with E-state index in [1.54, 1.807) is 32.4 Å². The van der Waals surface area contributed by atoms with E-state index in [2.05, 4.69) is 34.5 Å². The molecule has 5 nitrogen and oxygen atoms in total. The van der Waals surface area contributed by atoms with Crippen molar-refractivity contribution in [3.05, 3.63) is 90.0 Å². The molecule has 1 amide bonds. The van der Waals surface area contributed by atoms with Crippen molar-refractivity contribution in [3.8, 4) is 11.5 Å². The molecule has 150 valence electrons. The zero-order valence-electron chi connectivity index (χ0n) is 16.8. The summed E-state index contributed by atoms with van der Waals surface area (Å²) in [6, 6.07) is 25.7. The summed E-state index contributed by atoms with van der Waals surface area (Å²) in [5.74, 6) is 1.13. The molecule has 3 aromatic rings. The van der Waals surface area contributed by atoms with Crippen molar-refractivity contribution in [2.24, 2.45) is 0 Å². The standard InChI is InChI=1S/C24H26N2O3/c1-28-22-14-13-21(15-23(22)29-2)25-24(27)18-26(16-19-9-5-3-6-10-19)17-20-11-7-4-8-12-20/h3-15H,16-18H2,1-2H3,(H,25,27). The minimum Gasteiger partial charge on any atom is -0.493 e. The largest absolute Gasteiger partial charge is 0.493 e. The van der Waals surface area contributed by atoms with E-state index in [0.717, 1.165) is 0 Å². The Morgan fingerprint density at radius 3 is 1.86 bits per heavy atom. The third-order valence-corrected chi connectivity index (χ3v) is 4.53. The van der Waals surface area contributed by atoms with E-state index in [4.69, 9.17) is 9.47 Å². The molecule has 0 bridgehead atoms. The van der Waals surface area contributed by atoms with Crippen LogP contribution < -0.4 is 14.8 Å². The molecule has 0 radical (unpaired) electrons. The third-order valence-electron chi connectivity index (χ3n) is 4.53. The summed E-state index contributed by atoms with van der Waals surface area (Å²) in [4.78, 5) is 14.9. The van der Waals surface area contributed by atoms with Crippen molar-refractivity contribution in [3.63, 3.8) is 0 Å². The number of methoxy groups -OCH3 is 2. The molecule has 0 aliphatic heterocycles. The van der Waals surface area contributed by atoms with Gasteiger partial charge in [-0.3, -0.25) is 9.69 Å². The van der Waals surface area contributed by atoms with Gasteiger partial charge in [0, 0.05) is 24.8 Å². The second kappa shape index (κ2) is 10.3. The van der Waals surface area contributed by atoms with Crippen LogP contribution in [0.5, 0.6) is 11.5 Å². The number of rotatable bonds is 9. The van der Waals surface area contributed by atoms with Crippen LogP contribution in [0, 0.1) is 0 Å². The van der Waals surface area contributed by atoms with Crippen LogP contribution >= 0.6 is 0 Å². The van der Waals surface area contributed by atoms with E-state index in [0.29, 0.717) is 30.3 Å². The maximum atomic E-state index is 12.7. The van der Waals surface area contributed by atoms with Gasteiger partial charge in [-0.2, -0.15) is 0 Å². The van der Waals surface area contributed by atoms with Crippen LogP contribution in [0.25, 0.3) is 0 Å². The van der Waals surface area contributed by atoms with Crippen LogP contribution in [-0.4, -0.2) is 31.6 Å². The van der Waals surface area contributed by atoms with Crippen LogP contribution in [0.1, 0.15) is 11.1 Å². The number of hydrogen-bond donors (Lipinski definition) is 1. The van der Waals surface area contributed by atoms with Gasteiger partial charge in [0.05, 0.1) is 20.8 Å². The lowest BCUT2D eigenvalue weighted by atomic mass is 10.1. The van der Waals surface area contributed by atoms with Gasteiger partial charge in [0.15, 0.2) is 11.5 Å². The van der Waals surface area contributed by atoms with E-state index >= 15 is 0 Å². The molecule has 1 N–H and O–H groups in total. The first-order chi connectivity index (χ1) is 14.2. The second-order valence-corrected chi connectivity index (χ2v) is 6.73. The summed E-state index contributed by atoms with van der Waals surface area (Å²) in [6.07, 6.45) is 0. The molecule has 3 aromatic carbocycles. The number of anilines is 1. The maximum absolute atomic E-state index is 12.7. The zero-order chi connectivity index (χ0) is 20.5. The Labute approximate surface area is 171 Å². The molecule has 0 spiro atoms. The molecule has 0 aromatic heterocycles. The van der Waals surface area contributed by atoms with Gasteiger partial charge in [-0.15, -0.1) is 0 Å². The van der Waals surface area contributed by atoms with Crippen molar-refractivity contribution < 1.29 is 14.3 Å². The fraction of sp³-hybridized carbons (Fsp3) is 0.208. The molecular formula is C24H26N2O3. The maximum Gasteiger partial charge on any atom is 0.238 e. The number of carbonyl (C=O) groups excluding carboxylic acids is 1. The fourth-order valence-electron chi connectivity index (χ4n) is 3.17. The third kappa shape index (κ3) is 6.09. The Balaban J connectivity index is 1.70. The first-order valence-electron chi connectivity index (χ1n) is 9.50. The summed E-state index contributed by atoms with van der Waals surface area (Å²) in [5, 5.41) is 2.95. The molecule has 0 saturated heterocycles. The lowest BCUT2D eigenvalue weighted by Crippen LogP contribution is -2.32. The Bertz CT molecular complexity index is 872. The fourth-order valence-corrected chi connectivity index (χ4v) is 3.17. The Morgan fingerprint density at radius 1 is 0.793 bits per heavy atom. The average molecular weight is 390 g/mol. The number of nitrogens with zero attached hydrogens (tertiary/aromatic N) is 1.